The van der Waals surface area contributed by atoms with Crippen LogP contribution in [0.25, 0.3) is 11.3 Å². The molecule has 2 heterocycles. The van der Waals surface area contributed by atoms with Crippen LogP contribution in [-0.2, 0) is 0 Å². The van der Waals surface area contributed by atoms with Crippen LogP contribution in [0.3, 0.4) is 0 Å². The number of aliphatic imine (C=N–C) groups is 1. The quantitative estimate of drug-likeness (QED) is 0.252. The SMILES string of the molecule is CC(=NN)C(COc1ccc(-c2cnc(OCC(C)(C)O)nc2)nn1)=Nc1ccc(C(F)F)cc1. The molecule has 0 unspecified atom stereocenters. The summed E-state index contributed by atoms with van der Waals surface area (Å²) < 4.78 is 36.5. The van der Waals surface area contributed by atoms with Gasteiger partial charge in [-0.2, -0.15) is 5.10 Å². The van der Waals surface area contributed by atoms with E-state index in [0.717, 1.165) is 0 Å². The third kappa shape index (κ3) is 7.74. The summed E-state index contributed by atoms with van der Waals surface area (Å²) in [5.41, 5.74) is 1.30. The van der Waals surface area contributed by atoms with Gasteiger partial charge in [0, 0.05) is 29.6 Å². The Bertz CT molecular complexity index is 1160. The highest BCUT2D eigenvalue weighted by molar-refractivity contribution is 6.42. The van der Waals surface area contributed by atoms with Crippen LogP contribution in [-0.4, -0.2) is 55.5 Å². The molecule has 35 heavy (non-hydrogen) atoms. The normalized spacial score (nSPS) is 12.7. The van der Waals surface area contributed by atoms with Crippen molar-refractivity contribution in [3.8, 4) is 23.1 Å². The third-order valence-corrected chi connectivity index (χ3v) is 4.50. The van der Waals surface area contributed by atoms with Crippen molar-refractivity contribution in [3.05, 3.63) is 54.4 Å². The van der Waals surface area contributed by atoms with Gasteiger partial charge in [-0.05, 0) is 39.0 Å². The summed E-state index contributed by atoms with van der Waals surface area (Å²) in [5, 5.41) is 21.5. The van der Waals surface area contributed by atoms with Crippen molar-refractivity contribution in [2.45, 2.75) is 32.8 Å². The first-order valence-electron chi connectivity index (χ1n) is 10.5. The maximum Gasteiger partial charge on any atom is 0.316 e. The molecule has 0 fully saturated rings. The number of hydrogen-bond acceptors (Lipinski definition) is 10. The van der Waals surface area contributed by atoms with Crippen molar-refractivity contribution >= 4 is 17.1 Å². The van der Waals surface area contributed by atoms with Gasteiger partial charge in [-0.3, -0.25) is 0 Å². The minimum atomic E-state index is -2.55. The molecule has 0 saturated heterocycles. The van der Waals surface area contributed by atoms with E-state index in [1.54, 1.807) is 32.9 Å². The van der Waals surface area contributed by atoms with Crippen LogP contribution < -0.4 is 15.3 Å². The van der Waals surface area contributed by atoms with Crippen LogP contribution in [0.4, 0.5) is 14.5 Å². The summed E-state index contributed by atoms with van der Waals surface area (Å²) in [6, 6.07) is 8.99. The van der Waals surface area contributed by atoms with Crippen LogP contribution in [0.1, 0.15) is 32.8 Å². The summed E-state index contributed by atoms with van der Waals surface area (Å²) in [6.45, 7) is 4.92. The lowest BCUT2D eigenvalue weighted by Gasteiger charge is -2.16. The molecule has 0 atom stereocenters. The van der Waals surface area contributed by atoms with Gasteiger partial charge in [-0.1, -0.05) is 12.1 Å². The summed E-state index contributed by atoms with van der Waals surface area (Å²) in [7, 11) is 0. The zero-order chi connectivity index (χ0) is 25.4. The number of halogens is 2. The standard InChI is InChI=1S/C23H25F2N7O3/c1-14(30-26)19(29-17-6-4-15(5-7-17)21(24)25)12-34-20-9-8-18(31-32-20)16-10-27-22(28-11-16)35-13-23(2,3)33/h4-11,21,33H,12-13,26H2,1-3H3. The highest BCUT2D eigenvalue weighted by Crippen LogP contribution is 2.22. The number of hydrogen-bond donors (Lipinski definition) is 2. The summed E-state index contributed by atoms with van der Waals surface area (Å²) >= 11 is 0. The predicted octanol–water partition coefficient (Wildman–Crippen LogP) is 3.51. The average Bonchev–Trinajstić information content (AvgIpc) is 2.85. The number of hydrazone groups is 1. The molecule has 0 bridgehead atoms. The van der Waals surface area contributed by atoms with E-state index in [4.69, 9.17) is 15.3 Å². The van der Waals surface area contributed by atoms with E-state index < -0.39 is 12.0 Å². The third-order valence-electron chi connectivity index (χ3n) is 4.50. The first-order valence-corrected chi connectivity index (χ1v) is 10.5. The molecule has 0 saturated carbocycles. The van der Waals surface area contributed by atoms with Gasteiger partial charge >= 0.3 is 6.01 Å². The van der Waals surface area contributed by atoms with Gasteiger partial charge in [0.05, 0.1) is 22.7 Å². The van der Waals surface area contributed by atoms with Gasteiger partial charge in [0.1, 0.15) is 18.9 Å². The second kappa shape index (κ2) is 11.4. The van der Waals surface area contributed by atoms with E-state index in [1.165, 1.54) is 36.7 Å². The van der Waals surface area contributed by atoms with Crippen molar-refractivity contribution < 1.29 is 23.4 Å². The molecule has 0 aliphatic carbocycles. The lowest BCUT2D eigenvalue weighted by molar-refractivity contribution is 0.0250. The predicted molar refractivity (Wildman–Crippen MR) is 126 cm³/mol. The van der Waals surface area contributed by atoms with Gasteiger partial charge in [0.15, 0.2) is 0 Å². The lowest BCUT2D eigenvalue weighted by atomic mass is 10.2. The Balaban J connectivity index is 1.65. The number of ether oxygens (including phenoxy) is 2. The second-order valence-electron chi connectivity index (χ2n) is 8.07. The minimum absolute atomic E-state index is 0.0203. The molecule has 0 amide bonds. The van der Waals surface area contributed by atoms with Gasteiger partial charge in [0.2, 0.25) is 5.88 Å². The Morgan fingerprint density at radius 2 is 1.74 bits per heavy atom. The van der Waals surface area contributed by atoms with Crippen molar-refractivity contribution in [2.24, 2.45) is 15.9 Å². The summed E-state index contributed by atoms with van der Waals surface area (Å²) in [4.78, 5) is 12.6. The molecule has 10 nitrogen and oxygen atoms in total. The smallest absolute Gasteiger partial charge is 0.316 e. The Morgan fingerprint density at radius 3 is 2.29 bits per heavy atom. The maximum atomic E-state index is 12.8. The Labute approximate surface area is 200 Å². The van der Waals surface area contributed by atoms with E-state index in [-0.39, 0.29) is 30.7 Å². The fourth-order valence-corrected chi connectivity index (χ4v) is 2.60. The molecule has 3 rings (SSSR count). The Hall–Kier alpha value is -4.06. The van der Waals surface area contributed by atoms with Crippen LogP contribution >= 0.6 is 0 Å². The van der Waals surface area contributed by atoms with E-state index in [1.807, 2.05) is 0 Å². The highest BCUT2D eigenvalue weighted by Gasteiger charge is 2.15. The zero-order valence-electron chi connectivity index (χ0n) is 19.4. The largest absolute Gasteiger partial charge is 0.470 e. The molecule has 184 valence electrons. The van der Waals surface area contributed by atoms with Gasteiger partial charge in [-0.25, -0.2) is 23.7 Å². The number of rotatable bonds is 10. The number of benzene rings is 1. The number of nitrogens with two attached hydrogens (primary N) is 1. The monoisotopic (exact) mass is 485 g/mol. The summed E-state index contributed by atoms with van der Waals surface area (Å²) in [6.07, 6.45) is 0.506. The van der Waals surface area contributed by atoms with E-state index >= 15 is 0 Å². The van der Waals surface area contributed by atoms with Crippen molar-refractivity contribution in [3.63, 3.8) is 0 Å². The molecular formula is C23H25F2N7O3. The number of aliphatic hydroxyl groups is 1. The first kappa shape index (κ1) is 25.6. The fourth-order valence-electron chi connectivity index (χ4n) is 2.60. The number of aromatic nitrogens is 4. The highest BCUT2D eigenvalue weighted by atomic mass is 19.3. The van der Waals surface area contributed by atoms with Gasteiger partial charge in [0.25, 0.3) is 6.43 Å². The van der Waals surface area contributed by atoms with Crippen LogP contribution in [0.5, 0.6) is 11.9 Å². The molecule has 0 radical (unpaired) electrons. The minimum Gasteiger partial charge on any atom is -0.470 e. The maximum absolute atomic E-state index is 12.8. The summed E-state index contributed by atoms with van der Waals surface area (Å²) in [5.74, 6) is 5.61. The fraction of sp³-hybridized carbons (Fsp3) is 0.304. The average molecular weight is 485 g/mol. The lowest BCUT2D eigenvalue weighted by Crippen LogP contribution is -2.28. The van der Waals surface area contributed by atoms with E-state index in [2.05, 4.69) is 30.3 Å². The second-order valence-corrected chi connectivity index (χ2v) is 8.07. The Kier molecular flexibility index (Phi) is 8.31. The van der Waals surface area contributed by atoms with Gasteiger partial charge in [-0.15, -0.1) is 10.2 Å². The van der Waals surface area contributed by atoms with Crippen molar-refractivity contribution in [1.29, 1.82) is 0 Å². The number of alkyl halides is 2. The molecule has 0 aliphatic heterocycles. The molecule has 12 heteroatoms. The number of nitrogens with zero attached hydrogens (tertiary/aromatic N) is 6. The van der Waals surface area contributed by atoms with Crippen LogP contribution in [0.2, 0.25) is 0 Å². The molecule has 0 spiro atoms. The van der Waals surface area contributed by atoms with Crippen molar-refractivity contribution in [2.75, 3.05) is 13.2 Å². The Morgan fingerprint density at radius 1 is 1.06 bits per heavy atom. The molecule has 2 aromatic heterocycles. The van der Waals surface area contributed by atoms with E-state index in [9.17, 15) is 13.9 Å². The topological polar surface area (TPSA) is 141 Å². The molecule has 3 aromatic rings. The van der Waals surface area contributed by atoms with Crippen LogP contribution in [0.15, 0.2) is 58.9 Å². The van der Waals surface area contributed by atoms with Gasteiger partial charge < -0.3 is 20.4 Å². The first-order chi connectivity index (χ1) is 16.6. The molecule has 0 aliphatic rings. The molecular weight excluding hydrogens is 460 g/mol. The van der Waals surface area contributed by atoms with Crippen molar-refractivity contribution in [1.82, 2.24) is 20.2 Å². The van der Waals surface area contributed by atoms with E-state index in [0.29, 0.717) is 28.4 Å². The molecule has 1 aromatic carbocycles. The molecule has 3 N–H and O–H groups in total. The van der Waals surface area contributed by atoms with Crippen LogP contribution in [0, 0.1) is 0 Å². The zero-order valence-corrected chi connectivity index (χ0v) is 19.4.